The fraction of sp³-hybridized carbons (Fsp3) is 0.200. The molecule has 3 aromatic rings. The number of carbonyl (C=O) groups is 1. The molecule has 9 heteroatoms. The zero-order chi connectivity index (χ0) is 17.4. The first-order valence-corrected chi connectivity index (χ1v) is 7.36. The number of aryl methyl sites for hydroxylation is 1. The van der Waals surface area contributed by atoms with Crippen molar-refractivity contribution in [3.05, 3.63) is 57.2 Å². The van der Waals surface area contributed by atoms with Gasteiger partial charge in [0.25, 0.3) is 5.56 Å². The van der Waals surface area contributed by atoms with Gasteiger partial charge in [-0.05, 0) is 18.2 Å². The highest BCUT2D eigenvalue weighted by atomic mass is 35.5. The lowest BCUT2D eigenvalue weighted by atomic mass is 9.93. The Balaban J connectivity index is 2.30. The maximum atomic E-state index is 12.8. The Morgan fingerprint density at radius 2 is 2.12 bits per heavy atom. The molecule has 0 bridgehead atoms. The third-order valence-corrected chi connectivity index (χ3v) is 3.97. The normalized spacial score (nSPS) is 12.4. The van der Waals surface area contributed by atoms with Gasteiger partial charge in [-0.3, -0.25) is 18.7 Å². The van der Waals surface area contributed by atoms with E-state index in [-0.39, 0.29) is 11.2 Å². The standard InChI is InChI=1S/C15H13ClN4O4/c1-19-10(4-5-17-19)9(6-12(21)22)13-14(23)18-11-3-2-8(16)7-20(11)15(13)24/h2-5,7,9,23H,6H2,1H3,(H,21,22). The molecule has 0 spiro atoms. The van der Waals surface area contributed by atoms with Gasteiger partial charge in [0.2, 0.25) is 5.88 Å². The van der Waals surface area contributed by atoms with Crippen LogP contribution in [0.25, 0.3) is 5.65 Å². The number of hydrogen-bond donors (Lipinski definition) is 2. The van der Waals surface area contributed by atoms with Crippen molar-refractivity contribution in [1.82, 2.24) is 19.2 Å². The molecule has 124 valence electrons. The van der Waals surface area contributed by atoms with E-state index >= 15 is 0 Å². The summed E-state index contributed by atoms with van der Waals surface area (Å²) in [6.07, 6.45) is 2.47. The van der Waals surface area contributed by atoms with Crippen molar-refractivity contribution in [2.45, 2.75) is 12.3 Å². The molecule has 0 saturated heterocycles. The number of fused-ring (bicyclic) bond motifs is 1. The smallest absolute Gasteiger partial charge is 0.304 e. The van der Waals surface area contributed by atoms with Crippen LogP contribution in [-0.4, -0.2) is 35.3 Å². The number of pyridine rings is 1. The number of carboxylic acid groups (broad SMARTS) is 1. The predicted octanol–water partition coefficient (Wildman–Crippen LogP) is 1.39. The number of nitrogens with zero attached hydrogens (tertiary/aromatic N) is 4. The minimum atomic E-state index is -1.11. The molecule has 0 aliphatic rings. The molecule has 3 aromatic heterocycles. The van der Waals surface area contributed by atoms with Crippen molar-refractivity contribution in [3.8, 4) is 5.88 Å². The Labute approximate surface area is 140 Å². The maximum Gasteiger partial charge on any atom is 0.304 e. The summed E-state index contributed by atoms with van der Waals surface area (Å²) in [4.78, 5) is 28.1. The van der Waals surface area contributed by atoms with Crippen LogP contribution in [0.1, 0.15) is 23.6 Å². The van der Waals surface area contributed by atoms with Gasteiger partial charge in [-0.1, -0.05) is 11.6 Å². The predicted molar refractivity (Wildman–Crippen MR) is 85.4 cm³/mol. The molecule has 3 heterocycles. The Morgan fingerprint density at radius 1 is 1.38 bits per heavy atom. The van der Waals surface area contributed by atoms with Crippen LogP contribution in [-0.2, 0) is 11.8 Å². The third-order valence-electron chi connectivity index (χ3n) is 3.74. The highest BCUT2D eigenvalue weighted by molar-refractivity contribution is 6.30. The van der Waals surface area contributed by atoms with Crippen LogP contribution in [0, 0.1) is 0 Å². The van der Waals surface area contributed by atoms with Gasteiger partial charge in [0.05, 0.1) is 17.0 Å². The molecule has 0 aliphatic heterocycles. The quantitative estimate of drug-likeness (QED) is 0.737. The number of hydrogen-bond acceptors (Lipinski definition) is 5. The largest absolute Gasteiger partial charge is 0.493 e. The lowest BCUT2D eigenvalue weighted by molar-refractivity contribution is -0.137. The van der Waals surface area contributed by atoms with Gasteiger partial charge < -0.3 is 10.2 Å². The van der Waals surface area contributed by atoms with Gasteiger partial charge in [-0.25, -0.2) is 0 Å². The first-order valence-electron chi connectivity index (χ1n) is 6.99. The van der Waals surface area contributed by atoms with Crippen LogP contribution < -0.4 is 5.56 Å². The maximum absolute atomic E-state index is 12.8. The molecule has 0 aliphatic carbocycles. The minimum absolute atomic E-state index is 0.110. The van der Waals surface area contributed by atoms with Crippen LogP contribution in [0.5, 0.6) is 5.88 Å². The zero-order valence-corrected chi connectivity index (χ0v) is 13.3. The van der Waals surface area contributed by atoms with Crippen molar-refractivity contribution in [3.63, 3.8) is 0 Å². The summed E-state index contributed by atoms with van der Waals surface area (Å²) in [5.41, 5.74) is 0.00604. The monoisotopic (exact) mass is 348 g/mol. The van der Waals surface area contributed by atoms with E-state index in [1.807, 2.05) is 0 Å². The molecule has 1 unspecified atom stereocenters. The van der Waals surface area contributed by atoms with Gasteiger partial charge in [-0.15, -0.1) is 0 Å². The zero-order valence-electron chi connectivity index (χ0n) is 12.5. The van der Waals surface area contributed by atoms with Gasteiger partial charge in [0, 0.05) is 31.1 Å². The van der Waals surface area contributed by atoms with Crippen molar-refractivity contribution in [2.24, 2.45) is 7.05 Å². The first kappa shape index (κ1) is 16.0. The molecular weight excluding hydrogens is 336 g/mol. The fourth-order valence-corrected chi connectivity index (χ4v) is 2.84. The highest BCUT2D eigenvalue weighted by Crippen LogP contribution is 2.30. The molecule has 2 N–H and O–H groups in total. The van der Waals surface area contributed by atoms with Crippen LogP contribution >= 0.6 is 11.6 Å². The van der Waals surface area contributed by atoms with Crippen molar-refractivity contribution in [2.75, 3.05) is 0 Å². The summed E-state index contributed by atoms with van der Waals surface area (Å²) < 4.78 is 2.64. The summed E-state index contributed by atoms with van der Waals surface area (Å²) in [5, 5.41) is 23.8. The van der Waals surface area contributed by atoms with E-state index in [2.05, 4.69) is 10.1 Å². The first-order chi connectivity index (χ1) is 11.4. The Bertz CT molecular complexity index is 995. The molecular formula is C15H13ClN4O4. The molecule has 0 radical (unpaired) electrons. The lowest BCUT2D eigenvalue weighted by Gasteiger charge is -2.16. The molecule has 1 atom stereocenters. The summed E-state index contributed by atoms with van der Waals surface area (Å²) >= 11 is 5.91. The summed E-state index contributed by atoms with van der Waals surface area (Å²) in [7, 11) is 1.63. The molecule has 24 heavy (non-hydrogen) atoms. The fourth-order valence-electron chi connectivity index (χ4n) is 2.67. The highest BCUT2D eigenvalue weighted by Gasteiger charge is 2.28. The van der Waals surface area contributed by atoms with E-state index in [0.717, 1.165) is 0 Å². The van der Waals surface area contributed by atoms with E-state index in [4.69, 9.17) is 11.6 Å². The topological polar surface area (TPSA) is 110 Å². The lowest BCUT2D eigenvalue weighted by Crippen LogP contribution is -2.25. The number of halogens is 1. The van der Waals surface area contributed by atoms with Crippen LogP contribution in [0.2, 0.25) is 5.02 Å². The molecule has 3 rings (SSSR count). The third kappa shape index (κ3) is 2.71. The Kier molecular flexibility index (Phi) is 3.98. The number of rotatable bonds is 4. The van der Waals surface area contributed by atoms with Crippen LogP contribution in [0.15, 0.2) is 35.4 Å². The molecule has 0 fully saturated rings. The minimum Gasteiger partial charge on any atom is -0.493 e. The van der Waals surface area contributed by atoms with Gasteiger partial charge >= 0.3 is 5.97 Å². The van der Waals surface area contributed by atoms with Crippen LogP contribution in [0.3, 0.4) is 0 Å². The van der Waals surface area contributed by atoms with E-state index in [1.54, 1.807) is 13.1 Å². The van der Waals surface area contributed by atoms with Crippen molar-refractivity contribution in [1.29, 1.82) is 0 Å². The molecule has 0 amide bonds. The average molecular weight is 349 g/mol. The second-order valence-electron chi connectivity index (χ2n) is 5.26. The average Bonchev–Trinajstić information content (AvgIpc) is 2.93. The van der Waals surface area contributed by atoms with E-state index in [1.165, 1.54) is 33.6 Å². The SMILES string of the molecule is Cn1nccc1C(CC(=O)O)c1c(O)nc2ccc(Cl)cn2c1=O. The number of aliphatic carboxylic acids is 1. The van der Waals surface area contributed by atoms with Gasteiger partial charge in [0.15, 0.2) is 0 Å². The van der Waals surface area contributed by atoms with E-state index < -0.39 is 29.7 Å². The Hall–Kier alpha value is -2.87. The second-order valence-corrected chi connectivity index (χ2v) is 5.70. The van der Waals surface area contributed by atoms with Crippen molar-refractivity contribution < 1.29 is 15.0 Å². The Morgan fingerprint density at radius 3 is 2.75 bits per heavy atom. The second kappa shape index (κ2) is 5.97. The van der Waals surface area contributed by atoms with Crippen molar-refractivity contribution >= 4 is 23.2 Å². The summed E-state index contributed by atoms with van der Waals surface area (Å²) in [6, 6.07) is 4.63. The number of aromatic hydroxyl groups is 1. The summed E-state index contributed by atoms with van der Waals surface area (Å²) in [6.45, 7) is 0. The summed E-state index contributed by atoms with van der Waals surface area (Å²) in [5.74, 6) is -2.52. The van der Waals surface area contributed by atoms with E-state index in [9.17, 15) is 19.8 Å². The van der Waals surface area contributed by atoms with Crippen LogP contribution in [0.4, 0.5) is 0 Å². The molecule has 0 saturated carbocycles. The van der Waals surface area contributed by atoms with E-state index in [0.29, 0.717) is 10.7 Å². The van der Waals surface area contributed by atoms with Gasteiger partial charge in [0.1, 0.15) is 5.65 Å². The molecule has 0 aromatic carbocycles. The number of aromatic nitrogens is 4. The molecule has 8 nitrogen and oxygen atoms in total. The van der Waals surface area contributed by atoms with Gasteiger partial charge in [-0.2, -0.15) is 10.1 Å². The number of carboxylic acids is 1.